The number of fused-ring (bicyclic) bond motifs is 3. The summed E-state index contributed by atoms with van der Waals surface area (Å²) in [6, 6.07) is 21.0. The number of hydrogen-bond donors (Lipinski definition) is 2. The van der Waals surface area contributed by atoms with Crippen molar-refractivity contribution < 1.29 is 18.7 Å². The number of benzene rings is 3. The molecule has 2 aliphatic rings. The molecular weight excluding hydrogens is 491 g/mol. The first-order chi connectivity index (χ1) is 18.1. The predicted molar refractivity (Wildman–Crippen MR) is 139 cm³/mol. The molecule has 186 valence electrons. The minimum atomic E-state index is -0.568. The van der Waals surface area contributed by atoms with E-state index in [9.17, 15) is 14.0 Å². The van der Waals surface area contributed by atoms with E-state index in [2.05, 4.69) is 15.7 Å². The van der Waals surface area contributed by atoms with Crippen LogP contribution in [0, 0.1) is 5.82 Å². The number of carbonyl (C=O) groups excluding carboxylic acids is 2. The fraction of sp³-hybridized carbons (Fsp3) is 0.179. The highest BCUT2D eigenvalue weighted by Crippen LogP contribution is 2.44. The van der Waals surface area contributed by atoms with Crippen molar-refractivity contribution in [2.24, 2.45) is 0 Å². The number of carbonyl (C=O) groups is 2. The van der Waals surface area contributed by atoms with Crippen LogP contribution in [0.2, 0.25) is 0 Å². The number of hydrogen-bond acceptors (Lipinski definition) is 5. The average Bonchev–Trinajstić information content (AvgIpc) is 3.49. The van der Waals surface area contributed by atoms with Gasteiger partial charge in [-0.1, -0.05) is 48.5 Å². The zero-order chi connectivity index (χ0) is 25.4. The van der Waals surface area contributed by atoms with Gasteiger partial charge in [0.25, 0.3) is 0 Å². The lowest BCUT2D eigenvalue weighted by atomic mass is 9.87. The van der Waals surface area contributed by atoms with Crippen molar-refractivity contribution in [1.29, 1.82) is 0 Å². The SMILES string of the molecule is O=C(Cn1nc2c(c1NC(=O)C1c3ccccc3Oc3ccccc31)CSC2)NCc1ccc(F)cc1. The van der Waals surface area contributed by atoms with Crippen LogP contribution in [0.1, 0.15) is 33.9 Å². The Labute approximate surface area is 217 Å². The minimum absolute atomic E-state index is 0.0462. The predicted octanol–water partition coefficient (Wildman–Crippen LogP) is 4.96. The van der Waals surface area contributed by atoms with Gasteiger partial charge in [0.2, 0.25) is 11.8 Å². The van der Waals surface area contributed by atoms with Crippen LogP contribution in [0.3, 0.4) is 0 Å². The highest BCUT2D eigenvalue weighted by atomic mass is 32.2. The van der Waals surface area contributed by atoms with Gasteiger partial charge in [0.1, 0.15) is 29.7 Å². The van der Waals surface area contributed by atoms with Crippen LogP contribution in [0.15, 0.2) is 72.8 Å². The quantitative estimate of drug-likeness (QED) is 0.380. The third-order valence-corrected chi connectivity index (χ3v) is 7.47. The Kier molecular flexibility index (Phi) is 6.13. The second kappa shape index (κ2) is 9.74. The molecule has 3 heterocycles. The van der Waals surface area contributed by atoms with Gasteiger partial charge >= 0.3 is 0 Å². The van der Waals surface area contributed by atoms with Crippen molar-refractivity contribution in [1.82, 2.24) is 15.1 Å². The number of rotatable bonds is 6. The summed E-state index contributed by atoms with van der Waals surface area (Å²) in [5.74, 6) is 1.92. The van der Waals surface area contributed by atoms with Gasteiger partial charge in [-0.2, -0.15) is 16.9 Å². The summed E-state index contributed by atoms with van der Waals surface area (Å²) in [6.45, 7) is 0.225. The van der Waals surface area contributed by atoms with Crippen molar-refractivity contribution in [2.45, 2.75) is 30.5 Å². The van der Waals surface area contributed by atoms with Crippen molar-refractivity contribution in [3.05, 3.63) is 107 Å². The number of para-hydroxylation sites is 2. The summed E-state index contributed by atoms with van der Waals surface area (Å²) < 4.78 is 20.8. The molecule has 0 radical (unpaired) electrons. The third kappa shape index (κ3) is 4.58. The summed E-state index contributed by atoms with van der Waals surface area (Å²) >= 11 is 1.72. The summed E-state index contributed by atoms with van der Waals surface area (Å²) in [6.07, 6.45) is 0. The lowest BCUT2D eigenvalue weighted by Gasteiger charge is -2.27. The summed E-state index contributed by atoms with van der Waals surface area (Å²) in [7, 11) is 0. The number of nitrogens with one attached hydrogen (secondary N) is 2. The Morgan fingerprint density at radius 3 is 2.35 bits per heavy atom. The van der Waals surface area contributed by atoms with E-state index in [1.54, 1.807) is 28.6 Å². The molecule has 9 heteroatoms. The number of amides is 2. The van der Waals surface area contributed by atoms with E-state index in [0.29, 0.717) is 23.1 Å². The molecule has 2 amide bonds. The molecule has 1 aromatic heterocycles. The smallest absolute Gasteiger partial charge is 0.242 e. The number of anilines is 1. The van der Waals surface area contributed by atoms with Crippen LogP contribution in [-0.2, 0) is 34.2 Å². The standard InChI is InChI=1S/C28H23FN4O3S/c29-18-11-9-17(10-12-18)13-30-25(34)14-33-27(21-15-37-16-22(21)32-33)31-28(35)26-19-5-1-3-7-23(19)36-24-8-4-2-6-20(24)26/h1-12,26H,13-16H2,(H,30,34)(H,31,35). The zero-order valence-corrected chi connectivity index (χ0v) is 20.6. The van der Waals surface area contributed by atoms with Gasteiger partial charge in [-0.25, -0.2) is 9.07 Å². The maximum absolute atomic E-state index is 13.8. The number of thioether (sulfide) groups is 1. The lowest BCUT2D eigenvalue weighted by molar-refractivity contribution is -0.122. The van der Waals surface area contributed by atoms with Crippen LogP contribution in [0.25, 0.3) is 0 Å². The number of ether oxygens (including phenoxy) is 1. The Hall–Kier alpha value is -4.11. The van der Waals surface area contributed by atoms with E-state index in [-0.39, 0.29) is 30.7 Å². The van der Waals surface area contributed by atoms with E-state index in [1.165, 1.54) is 12.1 Å². The van der Waals surface area contributed by atoms with E-state index >= 15 is 0 Å². The van der Waals surface area contributed by atoms with Crippen molar-refractivity contribution in [2.75, 3.05) is 5.32 Å². The maximum Gasteiger partial charge on any atom is 0.242 e. The maximum atomic E-state index is 13.8. The molecule has 0 bridgehead atoms. The molecule has 2 aliphatic heterocycles. The molecule has 0 atom stereocenters. The molecule has 2 N–H and O–H groups in total. The Morgan fingerprint density at radius 2 is 1.65 bits per heavy atom. The van der Waals surface area contributed by atoms with Crippen molar-refractivity contribution in [3.63, 3.8) is 0 Å². The van der Waals surface area contributed by atoms with E-state index < -0.39 is 5.92 Å². The minimum Gasteiger partial charge on any atom is -0.457 e. The van der Waals surface area contributed by atoms with Gasteiger partial charge in [-0.15, -0.1) is 0 Å². The fourth-order valence-electron chi connectivity index (χ4n) is 4.70. The number of halogens is 1. The first-order valence-electron chi connectivity index (χ1n) is 11.9. The van der Waals surface area contributed by atoms with Gasteiger partial charge in [0.15, 0.2) is 0 Å². The molecule has 0 saturated heterocycles. The van der Waals surface area contributed by atoms with E-state index in [0.717, 1.165) is 33.7 Å². The molecular formula is C28H23FN4O3S. The van der Waals surface area contributed by atoms with Crippen LogP contribution < -0.4 is 15.4 Å². The summed E-state index contributed by atoms with van der Waals surface area (Å²) in [5.41, 5.74) is 4.18. The molecule has 6 rings (SSSR count). The monoisotopic (exact) mass is 514 g/mol. The molecule has 0 fully saturated rings. The molecule has 0 saturated carbocycles. The first-order valence-corrected chi connectivity index (χ1v) is 13.1. The topological polar surface area (TPSA) is 85.2 Å². The Morgan fingerprint density at radius 1 is 0.973 bits per heavy atom. The highest BCUT2D eigenvalue weighted by Gasteiger charge is 2.34. The van der Waals surface area contributed by atoms with Gasteiger partial charge in [0.05, 0.1) is 11.6 Å². The third-order valence-electron chi connectivity index (χ3n) is 6.50. The number of nitrogens with zero attached hydrogens (tertiary/aromatic N) is 2. The fourth-order valence-corrected chi connectivity index (χ4v) is 5.73. The molecule has 37 heavy (non-hydrogen) atoms. The molecule has 0 aliphatic carbocycles. The molecule has 4 aromatic rings. The van der Waals surface area contributed by atoms with E-state index in [1.807, 2.05) is 48.5 Å². The molecule has 7 nitrogen and oxygen atoms in total. The Balaban J connectivity index is 1.25. The van der Waals surface area contributed by atoms with Gasteiger partial charge in [0, 0.05) is 34.7 Å². The Bertz CT molecular complexity index is 1460. The normalized spacial score (nSPS) is 13.8. The van der Waals surface area contributed by atoms with Crippen molar-refractivity contribution >= 4 is 29.4 Å². The largest absolute Gasteiger partial charge is 0.457 e. The molecule has 0 unspecified atom stereocenters. The van der Waals surface area contributed by atoms with Gasteiger partial charge in [-0.05, 0) is 29.8 Å². The van der Waals surface area contributed by atoms with Gasteiger partial charge in [-0.3, -0.25) is 9.59 Å². The lowest BCUT2D eigenvalue weighted by Crippen LogP contribution is -2.30. The first kappa shape index (κ1) is 23.3. The van der Waals surface area contributed by atoms with Crippen LogP contribution in [-0.4, -0.2) is 21.6 Å². The molecule has 0 spiro atoms. The second-order valence-corrected chi connectivity index (χ2v) is 9.91. The number of aromatic nitrogens is 2. The van der Waals surface area contributed by atoms with Crippen LogP contribution in [0.4, 0.5) is 10.2 Å². The van der Waals surface area contributed by atoms with Crippen LogP contribution in [0.5, 0.6) is 11.5 Å². The summed E-state index contributed by atoms with van der Waals surface area (Å²) in [5, 5.41) is 10.6. The van der Waals surface area contributed by atoms with Gasteiger partial charge < -0.3 is 15.4 Å². The highest BCUT2D eigenvalue weighted by molar-refractivity contribution is 7.98. The van der Waals surface area contributed by atoms with Crippen LogP contribution >= 0.6 is 11.8 Å². The molecule has 3 aromatic carbocycles. The average molecular weight is 515 g/mol. The zero-order valence-electron chi connectivity index (χ0n) is 19.7. The van der Waals surface area contributed by atoms with E-state index in [4.69, 9.17) is 4.74 Å². The second-order valence-electron chi connectivity index (χ2n) is 8.93. The van der Waals surface area contributed by atoms with Crippen molar-refractivity contribution in [3.8, 4) is 11.5 Å². The summed E-state index contributed by atoms with van der Waals surface area (Å²) in [4.78, 5) is 26.6.